The number of carboxylic acid groups (broad SMARTS) is 1. The second-order valence-corrected chi connectivity index (χ2v) is 6.56. The average Bonchev–Trinajstić information content (AvgIpc) is 3.22. The number of nitrogens with one attached hydrogen (secondary N) is 1. The molecule has 1 saturated carbocycles. The van der Waals surface area contributed by atoms with E-state index in [0.29, 0.717) is 5.56 Å². The minimum absolute atomic E-state index is 0.0143. The van der Waals surface area contributed by atoms with E-state index >= 15 is 0 Å². The Labute approximate surface area is 156 Å². The number of rotatable bonds is 5. The third kappa shape index (κ3) is 4.04. The number of carbonyl (C=O) groups is 3. The van der Waals surface area contributed by atoms with Gasteiger partial charge in [0, 0.05) is 17.0 Å². The summed E-state index contributed by atoms with van der Waals surface area (Å²) < 4.78 is 0. The third-order valence-corrected chi connectivity index (χ3v) is 4.76. The fourth-order valence-electron chi connectivity index (χ4n) is 3.33. The average molecular weight is 362 g/mol. The molecule has 6 heteroatoms. The molecule has 0 spiro atoms. The van der Waals surface area contributed by atoms with Crippen LogP contribution in [0.4, 0.5) is 5.69 Å². The SMILES string of the molecule is N#Cc1ccc(NC(=O)c2cccc(C(=O)C3CCCC3)c2)c(C(=O)O)c1. The Kier molecular flexibility index (Phi) is 5.32. The topological polar surface area (TPSA) is 107 Å². The number of anilines is 1. The van der Waals surface area contributed by atoms with Crippen molar-refractivity contribution in [2.45, 2.75) is 25.7 Å². The Bertz CT molecular complexity index is 953. The van der Waals surface area contributed by atoms with Crippen molar-refractivity contribution in [3.05, 3.63) is 64.7 Å². The van der Waals surface area contributed by atoms with Gasteiger partial charge in [0.1, 0.15) is 0 Å². The molecule has 2 aromatic carbocycles. The number of hydrogen-bond donors (Lipinski definition) is 2. The van der Waals surface area contributed by atoms with E-state index in [1.165, 1.54) is 18.2 Å². The molecule has 1 aliphatic carbocycles. The zero-order valence-corrected chi connectivity index (χ0v) is 14.6. The molecule has 0 bridgehead atoms. The first kappa shape index (κ1) is 18.3. The number of benzene rings is 2. The van der Waals surface area contributed by atoms with E-state index < -0.39 is 11.9 Å². The lowest BCUT2D eigenvalue weighted by Crippen LogP contribution is -2.16. The second-order valence-electron chi connectivity index (χ2n) is 6.56. The lowest BCUT2D eigenvalue weighted by Gasteiger charge is -2.11. The molecule has 136 valence electrons. The summed E-state index contributed by atoms with van der Waals surface area (Å²) in [6.07, 6.45) is 3.85. The van der Waals surface area contributed by atoms with Crippen molar-refractivity contribution in [3.8, 4) is 6.07 Å². The quantitative estimate of drug-likeness (QED) is 0.785. The summed E-state index contributed by atoms with van der Waals surface area (Å²) in [5, 5.41) is 20.8. The molecule has 1 fully saturated rings. The molecule has 0 saturated heterocycles. The summed E-state index contributed by atoms with van der Waals surface area (Å²) in [6, 6.07) is 12.3. The normalized spacial score (nSPS) is 13.7. The Balaban J connectivity index is 1.83. The summed E-state index contributed by atoms with van der Waals surface area (Å²) in [5.74, 6) is -1.69. The molecule has 0 atom stereocenters. The van der Waals surface area contributed by atoms with E-state index in [-0.39, 0.29) is 34.1 Å². The van der Waals surface area contributed by atoms with Gasteiger partial charge in [-0.2, -0.15) is 5.26 Å². The second kappa shape index (κ2) is 7.83. The minimum Gasteiger partial charge on any atom is -0.478 e. The van der Waals surface area contributed by atoms with Gasteiger partial charge in [-0.1, -0.05) is 25.0 Å². The van der Waals surface area contributed by atoms with Crippen molar-refractivity contribution < 1.29 is 19.5 Å². The fraction of sp³-hybridized carbons (Fsp3) is 0.238. The Morgan fingerprint density at radius 2 is 1.74 bits per heavy atom. The Hall–Kier alpha value is -3.46. The van der Waals surface area contributed by atoms with E-state index in [2.05, 4.69) is 5.32 Å². The van der Waals surface area contributed by atoms with Crippen molar-refractivity contribution in [1.29, 1.82) is 5.26 Å². The van der Waals surface area contributed by atoms with Crippen molar-refractivity contribution in [2.24, 2.45) is 5.92 Å². The maximum absolute atomic E-state index is 12.6. The van der Waals surface area contributed by atoms with Gasteiger partial charge in [0.05, 0.1) is 22.9 Å². The first-order valence-electron chi connectivity index (χ1n) is 8.72. The lowest BCUT2D eigenvalue weighted by molar-refractivity contribution is 0.0697. The van der Waals surface area contributed by atoms with Crippen LogP contribution in [0, 0.1) is 17.2 Å². The molecular formula is C21H18N2O4. The molecule has 3 rings (SSSR count). The van der Waals surface area contributed by atoms with Crippen molar-refractivity contribution in [1.82, 2.24) is 0 Å². The minimum atomic E-state index is -1.24. The number of amides is 1. The molecule has 2 aromatic rings. The number of nitriles is 1. The predicted octanol–water partition coefficient (Wildman–Crippen LogP) is 3.88. The van der Waals surface area contributed by atoms with Crippen molar-refractivity contribution in [2.75, 3.05) is 5.32 Å². The van der Waals surface area contributed by atoms with E-state index in [4.69, 9.17) is 5.26 Å². The fourth-order valence-corrected chi connectivity index (χ4v) is 3.33. The first-order valence-corrected chi connectivity index (χ1v) is 8.72. The van der Waals surface area contributed by atoms with Gasteiger partial charge in [-0.05, 0) is 43.2 Å². The molecule has 0 aliphatic heterocycles. The van der Waals surface area contributed by atoms with Gasteiger partial charge in [0.2, 0.25) is 0 Å². The number of Topliss-reactive ketones (excluding diaryl/α,β-unsaturated/α-hetero) is 1. The summed E-state index contributed by atoms with van der Waals surface area (Å²) in [7, 11) is 0. The van der Waals surface area contributed by atoms with Gasteiger partial charge in [-0.3, -0.25) is 9.59 Å². The van der Waals surface area contributed by atoms with Crippen LogP contribution in [0.5, 0.6) is 0 Å². The van der Waals surface area contributed by atoms with E-state index in [1.54, 1.807) is 24.3 Å². The molecular weight excluding hydrogens is 344 g/mol. The highest BCUT2D eigenvalue weighted by Gasteiger charge is 2.24. The zero-order chi connectivity index (χ0) is 19.4. The lowest BCUT2D eigenvalue weighted by atomic mass is 9.95. The number of hydrogen-bond acceptors (Lipinski definition) is 4. The molecule has 2 N–H and O–H groups in total. The van der Waals surface area contributed by atoms with Crippen LogP contribution in [0.3, 0.4) is 0 Å². The molecule has 0 aromatic heterocycles. The summed E-state index contributed by atoms with van der Waals surface area (Å²) in [4.78, 5) is 36.5. The van der Waals surface area contributed by atoms with E-state index in [0.717, 1.165) is 25.7 Å². The van der Waals surface area contributed by atoms with Gasteiger partial charge in [0.15, 0.2) is 5.78 Å². The molecule has 6 nitrogen and oxygen atoms in total. The zero-order valence-electron chi connectivity index (χ0n) is 14.6. The predicted molar refractivity (Wildman–Crippen MR) is 98.8 cm³/mol. The molecule has 0 unspecified atom stereocenters. The number of carboxylic acids is 1. The van der Waals surface area contributed by atoms with Crippen LogP contribution in [-0.4, -0.2) is 22.8 Å². The van der Waals surface area contributed by atoms with Crippen LogP contribution in [0.2, 0.25) is 0 Å². The van der Waals surface area contributed by atoms with Gasteiger partial charge >= 0.3 is 5.97 Å². The first-order chi connectivity index (χ1) is 13.0. The monoisotopic (exact) mass is 362 g/mol. The summed E-state index contributed by atoms with van der Waals surface area (Å²) in [5.41, 5.74) is 0.890. The van der Waals surface area contributed by atoms with Crippen LogP contribution in [0.15, 0.2) is 42.5 Å². The molecule has 27 heavy (non-hydrogen) atoms. The van der Waals surface area contributed by atoms with Crippen molar-refractivity contribution >= 4 is 23.3 Å². The molecule has 1 aliphatic rings. The van der Waals surface area contributed by atoms with E-state index in [1.807, 2.05) is 6.07 Å². The van der Waals surface area contributed by atoms with Crippen LogP contribution in [-0.2, 0) is 0 Å². The maximum Gasteiger partial charge on any atom is 0.337 e. The van der Waals surface area contributed by atoms with Gasteiger partial charge in [-0.15, -0.1) is 0 Å². The summed E-state index contributed by atoms with van der Waals surface area (Å²) >= 11 is 0. The molecule has 0 heterocycles. The standard InChI is InChI=1S/C21H18N2O4/c22-12-13-8-9-18(17(10-13)21(26)27)23-20(25)16-7-3-6-15(11-16)19(24)14-4-1-2-5-14/h3,6-11,14H,1-2,4-5H2,(H,23,25)(H,26,27). The van der Waals surface area contributed by atoms with Crippen LogP contribution < -0.4 is 5.32 Å². The van der Waals surface area contributed by atoms with Crippen LogP contribution in [0.1, 0.15) is 62.3 Å². The Morgan fingerprint density at radius 3 is 2.41 bits per heavy atom. The smallest absolute Gasteiger partial charge is 0.337 e. The Morgan fingerprint density at radius 1 is 1.04 bits per heavy atom. The highest BCUT2D eigenvalue weighted by atomic mass is 16.4. The number of nitrogens with zero attached hydrogens (tertiary/aromatic N) is 1. The highest BCUT2D eigenvalue weighted by Crippen LogP contribution is 2.28. The molecule has 0 radical (unpaired) electrons. The number of aromatic carboxylic acids is 1. The van der Waals surface area contributed by atoms with Gasteiger partial charge in [0.25, 0.3) is 5.91 Å². The van der Waals surface area contributed by atoms with Crippen LogP contribution >= 0.6 is 0 Å². The van der Waals surface area contributed by atoms with Crippen LogP contribution in [0.25, 0.3) is 0 Å². The molecule has 1 amide bonds. The van der Waals surface area contributed by atoms with Crippen molar-refractivity contribution in [3.63, 3.8) is 0 Å². The highest BCUT2D eigenvalue weighted by molar-refractivity contribution is 6.09. The number of ketones is 1. The number of carbonyl (C=O) groups excluding carboxylic acids is 2. The summed E-state index contributed by atoms with van der Waals surface area (Å²) in [6.45, 7) is 0. The van der Waals surface area contributed by atoms with E-state index in [9.17, 15) is 19.5 Å². The maximum atomic E-state index is 12.6. The van der Waals surface area contributed by atoms with Gasteiger partial charge in [-0.25, -0.2) is 4.79 Å². The van der Waals surface area contributed by atoms with Gasteiger partial charge < -0.3 is 10.4 Å². The third-order valence-electron chi connectivity index (χ3n) is 4.76. The largest absolute Gasteiger partial charge is 0.478 e.